The Balaban J connectivity index is 2.51. The standard InChI is InChI=1S/C16H33N/c1-10(2)16(17-7)9-8-15-13(5)11(3)12(4)14(15)6/h10-17H,8-9H2,1-7H3. The molecule has 1 aliphatic carbocycles. The lowest BCUT2D eigenvalue weighted by Gasteiger charge is -2.26. The van der Waals surface area contributed by atoms with Crippen molar-refractivity contribution in [1.29, 1.82) is 0 Å². The molecule has 1 rings (SSSR count). The summed E-state index contributed by atoms with van der Waals surface area (Å²) in [6.45, 7) is 14.5. The smallest absolute Gasteiger partial charge is 0.00871 e. The van der Waals surface area contributed by atoms with Crippen LogP contribution in [0, 0.1) is 35.5 Å². The van der Waals surface area contributed by atoms with Crippen LogP contribution >= 0.6 is 0 Å². The van der Waals surface area contributed by atoms with Crippen LogP contribution in [0.25, 0.3) is 0 Å². The van der Waals surface area contributed by atoms with E-state index in [4.69, 9.17) is 0 Å². The maximum absolute atomic E-state index is 3.48. The molecule has 0 saturated heterocycles. The molecule has 1 aliphatic rings. The zero-order valence-electron chi connectivity index (χ0n) is 13.0. The van der Waals surface area contributed by atoms with Gasteiger partial charge in [-0.1, -0.05) is 41.5 Å². The van der Waals surface area contributed by atoms with Crippen molar-refractivity contribution in [2.45, 2.75) is 60.4 Å². The summed E-state index contributed by atoms with van der Waals surface area (Å²) in [4.78, 5) is 0. The van der Waals surface area contributed by atoms with Crippen LogP contribution in [0.1, 0.15) is 54.4 Å². The maximum Gasteiger partial charge on any atom is 0.00871 e. The van der Waals surface area contributed by atoms with Crippen LogP contribution in [0.4, 0.5) is 0 Å². The molecular formula is C16H33N. The Morgan fingerprint density at radius 2 is 1.35 bits per heavy atom. The predicted octanol–water partition coefficient (Wildman–Crippen LogP) is 4.18. The second-order valence-electron chi connectivity index (χ2n) is 6.82. The van der Waals surface area contributed by atoms with E-state index in [9.17, 15) is 0 Å². The lowest BCUT2D eigenvalue weighted by molar-refractivity contribution is 0.265. The fraction of sp³-hybridized carbons (Fsp3) is 1.00. The Hall–Kier alpha value is -0.0400. The van der Waals surface area contributed by atoms with Gasteiger partial charge in [-0.15, -0.1) is 0 Å². The first-order valence-corrected chi connectivity index (χ1v) is 7.57. The van der Waals surface area contributed by atoms with E-state index in [1.54, 1.807) is 0 Å². The van der Waals surface area contributed by atoms with Gasteiger partial charge in [0.25, 0.3) is 0 Å². The molecule has 1 saturated carbocycles. The van der Waals surface area contributed by atoms with Gasteiger partial charge >= 0.3 is 0 Å². The molecule has 0 radical (unpaired) electrons. The monoisotopic (exact) mass is 239 g/mol. The van der Waals surface area contributed by atoms with Crippen molar-refractivity contribution in [3.8, 4) is 0 Å². The highest BCUT2D eigenvalue weighted by Gasteiger charge is 2.40. The molecule has 0 heterocycles. The fourth-order valence-corrected chi connectivity index (χ4v) is 3.93. The van der Waals surface area contributed by atoms with Crippen molar-refractivity contribution < 1.29 is 0 Å². The summed E-state index contributed by atoms with van der Waals surface area (Å²) >= 11 is 0. The third-order valence-corrected chi connectivity index (χ3v) is 5.83. The van der Waals surface area contributed by atoms with Crippen LogP contribution in [0.2, 0.25) is 0 Å². The van der Waals surface area contributed by atoms with Crippen LogP contribution in [0.15, 0.2) is 0 Å². The normalized spacial score (nSPS) is 39.9. The van der Waals surface area contributed by atoms with E-state index in [0.717, 1.165) is 35.5 Å². The molecule has 0 aromatic heterocycles. The summed E-state index contributed by atoms with van der Waals surface area (Å²) in [5.41, 5.74) is 0. The van der Waals surface area contributed by atoms with Gasteiger partial charge in [-0.05, 0) is 55.4 Å². The van der Waals surface area contributed by atoms with E-state index in [-0.39, 0.29) is 0 Å². The number of hydrogen-bond donors (Lipinski definition) is 1. The largest absolute Gasteiger partial charge is 0.317 e. The quantitative estimate of drug-likeness (QED) is 0.759. The van der Waals surface area contributed by atoms with E-state index in [1.807, 2.05) is 0 Å². The molecule has 0 spiro atoms. The van der Waals surface area contributed by atoms with Crippen LogP contribution in [0.3, 0.4) is 0 Å². The lowest BCUT2D eigenvalue weighted by Crippen LogP contribution is -2.31. The zero-order valence-corrected chi connectivity index (χ0v) is 13.0. The van der Waals surface area contributed by atoms with E-state index in [0.29, 0.717) is 6.04 Å². The summed E-state index contributed by atoms with van der Waals surface area (Å²) < 4.78 is 0. The summed E-state index contributed by atoms with van der Waals surface area (Å²) in [6.07, 6.45) is 2.74. The van der Waals surface area contributed by atoms with Gasteiger partial charge in [0.1, 0.15) is 0 Å². The van der Waals surface area contributed by atoms with Gasteiger partial charge in [0, 0.05) is 6.04 Å². The molecular weight excluding hydrogens is 206 g/mol. The van der Waals surface area contributed by atoms with E-state index >= 15 is 0 Å². The fourth-order valence-electron chi connectivity index (χ4n) is 3.93. The number of hydrogen-bond acceptors (Lipinski definition) is 1. The zero-order chi connectivity index (χ0) is 13.2. The number of rotatable bonds is 5. The summed E-state index contributed by atoms with van der Waals surface area (Å²) in [6, 6.07) is 0.695. The van der Waals surface area contributed by atoms with Gasteiger partial charge in [0.05, 0.1) is 0 Å². The Morgan fingerprint density at radius 3 is 1.71 bits per heavy atom. The van der Waals surface area contributed by atoms with Crippen LogP contribution in [0.5, 0.6) is 0 Å². The van der Waals surface area contributed by atoms with Crippen LogP contribution in [-0.2, 0) is 0 Å². The molecule has 1 N–H and O–H groups in total. The first-order chi connectivity index (χ1) is 7.90. The van der Waals surface area contributed by atoms with Gasteiger partial charge in [-0.3, -0.25) is 0 Å². The molecule has 1 heteroatoms. The molecule has 0 aliphatic heterocycles. The van der Waals surface area contributed by atoms with Crippen molar-refractivity contribution in [2.75, 3.05) is 7.05 Å². The van der Waals surface area contributed by atoms with E-state index < -0.39 is 0 Å². The topological polar surface area (TPSA) is 12.0 Å². The summed E-state index contributed by atoms with van der Waals surface area (Å²) in [7, 11) is 2.11. The minimum Gasteiger partial charge on any atom is -0.317 e. The van der Waals surface area contributed by atoms with Gasteiger partial charge in [0.15, 0.2) is 0 Å². The van der Waals surface area contributed by atoms with Crippen LogP contribution < -0.4 is 5.32 Å². The minimum atomic E-state index is 0.695. The summed E-state index contributed by atoms with van der Waals surface area (Å²) in [5, 5.41) is 3.48. The minimum absolute atomic E-state index is 0.695. The molecule has 102 valence electrons. The summed E-state index contributed by atoms with van der Waals surface area (Å²) in [5.74, 6) is 5.31. The first-order valence-electron chi connectivity index (χ1n) is 7.57. The SMILES string of the molecule is CNC(CCC1C(C)C(C)C(C)C1C)C(C)C. The van der Waals surface area contributed by atoms with Crippen LogP contribution in [-0.4, -0.2) is 13.1 Å². The average molecular weight is 239 g/mol. The molecule has 17 heavy (non-hydrogen) atoms. The van der Waals surface area contributed by atoms with Gasteiger partial charge in [-0.2, -0.15) is 0 Å². The predicted molar refractivity (Wildman–Crippen MR) is 77.1 cm³/mol. The van der Waals surface area contributed by atoms with Gasteiger partial charge in [-0.25, -0.2) is 0 Å². The Bertz CT molecular complexity index is 210. The highest BCUT2D eigenvalue weighted by Crippen LogP contribution is 2.47. The third kappa shape index (κ3) is 3.24. The van der Waals surface area contributed by atoms with Crippen molar-refractivity contribution >= 4 is 0 Å². The lowest BCUT2D eigenvalue weighted by atomic mass is 9.83. The van der Waals surface area contributed by atoms with Gasteiger partial charge < -0.3 is 5.32 Å². The highest BCUT2D eigenvalue weighted by atomic mass is 14.9. The van der Waals surface area contributed by atoms with E-state index in [2.05, 4.69) is 53.9 Å². The van der Waals surface area contributed by atoms with Crippen molar-refractivity contribution in [1.82, 2.24) is 5.32 Å². The van der Waals surface area contributed by atoms with Crippen molar-refractivity contribution in [3.63, 3.8) is 0 Å². The molecule has 0 bridgehead atoms. The molecule has 0 aromatic rings. The second-order valence-corrected chi connectivity index (χ2v) is 6.82. The Morgan fingerprint density at radius 1 is 0.882 bits per heavy atom. The average Bonchev–Trinajstić information content (AvgIpc) is 2.46. The van der Waals surface area contributed by atoms with Crippen molar-refractivity contribution in [2.24, 2.45) is 35.5 Å². The van der Waals surface area contributed by atoms with Crippen molar-refractivity contribution in [3.05, 3.63) is 0 Å². The van der Waals surface area contributed by atoms with E-state index in [1.165, 1.54) is 12.8 Å². The third-order valence-electron chi connectivity index (χ3n) is 5.83. The molecule has 5 unspecified atom stereocenters. The molecule has 1 nitrogen and oxygen atoms in total. The molecule has 0 amide bonds. The number of nitrogens with one attached hydrogen (secondary N) is 1. The Labute approximate surface area is 109 Å². The molecule has 5 atom stereocenters. The molecule has 1 fully saturated rings. The second kappa shape index (κ2) is 6.22. The Kier molecular flexibility index (Phi) is 5.50. The maximum atomic E-state index is 3.48. The van der Waals surface area contributed by atoms with Gasteiger partial charge in [0.2, 0.25) is 0 Å². The molecule has 0 aromatic carbocycles. The highest BCUT2D eigenvalue weighted by molar-refractivity contribution is 4.90. The first kappa shape index (κ1) is 15.0.